The third-order valence-corrected chi connectivity index (χ3v) is 3.19. The third kappa shape index (κ3) is 12.0. The van der Waals surface area contributed by atoms with E-state index in [0.29, 0.717) is 0 Å². The smallest absolute Gasteiger partial charge is 0.261 e. The van der Waals surface area contributed by atoms with E-state index in [9.17, 15) is 8.42 Å². The van der Waals surface area contributed by atoms with Gasteiger partial charge in [0.25, 0.3) is 9.05 Å². The maximum absolute atomic E-state index is 10.6. The molecule has 0 aromatic heterocycles. The van der Waals surface area contributed by atoms with Gasteiger partial charge in [-0.2, -0.15) is 0 Å². The molecule has 21 heavy (non-hydrogen) atoms. The van der Waals surface area contributed by atoms with Crippen molar-refractivity contribution in [3.63, 3.8) is 0 Å². The zero-order valence-corrected chi connectivity index (χ0v) is 14.5. The molecule has 0 saturated heterocycles. The van der Waals surface area contributed by atoms with Crippen LogP contribution in [-0.2, 0) is 9.05 Å². The summed E-state index contributed by atoms with van der Waals surface area (Å²) in [6.45, 7) is 8.00. The first-order valence-corrected chi connectivity index (χ1v) is 9.11. The summed E-state index contributed by atoms with van der Waals surface area (Å²) < 4.78 is 21.2. The van der Waals surface area contributed by atoms with E-state index in [4.69, 9.17) is 16.4 Å². The first-order chi connectivity index (χ1) is 10.00. The Morgan fingerprint density at radius 3 is 1.29 bits per heavy atom. The molecule has 0 amide bonds. The van der Waals surface area contributed by atoms with E-state index in [-0.39, 0.29) is 4.90 Å². The zero-order chi connectivity index (χ0) is 16.7. The summed E-state index contributed by atoms with van der Waals surface area (Å²) in [5.74, 6) is 0. The molecule has 0 fully saturated rings. The van der Waals surface area contributed by atoms with E-state index in [0.717, 1.165) is 5.69 Å². The molecule has 0 unspecified atom stereocenters. The molecule has 118 valence electrons. The van der Waals surface area contributed by atoms with Crippen LogP contribution in [0.1, 0.15) is 27.7 Å². The van der Waals surface area contributed by atoms with Crippen molar-refractivity contribution >= 4 is 25.4 Å². The molecule has 2 rings (SSSR count). The molecular weight excluding hydrogens is 306 g/mol. The average Bonchev–Trinajstić information content (AvgIpc) is 2.53. The van der Waals surface area contributed by atoms with E-state index in [1.807, 2.05) is 58.0 Å². The minimum absolute atomic E-state index is 0.136. The van der Waals surface area contributed by atoms with E-state index in [1.54, 1.807) is 18.2 Å². The van der Waals surface area contributed by atoms with Gasteiger partial charge in [-0.15, -0.1) is 0 Å². The lowest BCUT2D eigenvalue weighted by molar-refractivity contribution is 0.609. The van der Waals surface area contributed by atoms with Crippen LogP contribution in [0, 0.1) is 0 Å². The number of halogens is 1. The predicted octanol–water partition coefficient (Wildman–Crippen LogP) is 4.94. The minimum Gasteiger partial charge on any atom is -0.399 e. The summed E-state index contributed by atoms with van der Waals surface area (Å²) in [6, 6.07) is 17.3. The molecule has 2 aromatic carbocycles. The summed E-state index contributed by atoms with van der Waals surface area (Å²) in [4.78, 5) is 0.136. The number of hydrogen-bond donors (Lipinski definition) is 1. The maximum atomic E-state index is 10.6. The van der Waals surface area contributed by atoms with E-state index < -0.39 is 9.05 Å². The molecule has 0 aliphatic rings. The lowest BCUT2D eigenvalue weighted by Crippen LogP contribution is -1.87. The predicted molar refractivity (Wildman–Crippen MR) is 93.0 cm³/mol. The Bertz CT molecular complexity index is 543. The van der Waals surface area contributed by atoms with Gasteiger partial charge in [0, 0.05) is 16.4 Å². The van der Waals surface area contributed by atoms with Crippen LogP contribution in [-0.4, -0.2) is 8.42 Å². The van der Waals surface area contributed by atoms with Crippen LogP contribution in [0.25, 0.3) is 0 Å². The van der Waals surface area contributed by atoms with Crippen LogP contribution in [0.4, 0.5) is 5.69 Å². The van der Waals surface area contributed by atoms with Crippen molar-refractivity contribution in [2.75, 3.05) is 5.73 Å². The third-order valence-electron chi connectivity index (χ3n) is 1.82. The van der Waals surface area contributed by atoms with Crippen LogP contribution in [0.3, 0.4) is 0 Å². The second-order valence-electron chi connectivity index (χ2n) is 3.16. The van der Waals surface area contributed by atoms with Crippen molar-refractivity contribution in [3.8, 4) is 0 Å². The zero-order valence-electron chi connectivity index (χ0n) is 13.0. The van der Waals surface area contributed by atoms with Crippen molar-refractivity contribution in [2.45, 2.75) is 32.6 Å². The SMILES string of the molecule is CC.CC.Nc1ccccc1.O=S(=O)(Cl)c1ccccc1. The summed E-state index contributed by atoms with van der Waals surface area (Å²) in [5, 5.41) is 0. The Kier molecular flexibility index (Phi) is 14.0. The molecule has 0 radical (unpaired) electrons. The molecule has 0 bridgehead atoms. The fourth-order valence-electron chi connectivity index (χ4n) is 1.04. The van der Waals surface area contributed by atoms with Crippen LogP contribution in [0.15, 0.2) is 65.6 Å². The first-order valence-electron chi connectivity index (χ1n) is 6.80. The molecule has 0 heterocycles. The largest absolute Gasteiger partial charge is 0.399 e. The van der Waals surface area contributed by atoms with Gasteiger partial charge in [0.2, 0.25) is 0 Å². The first kappa shape index (κ1) is 21.8. The summed E-state index contributed by atoms with van der Waals surface area (Å²) in [5.41, 5.74) is 6.18. The fourth-order valence-corrected chi connectivity index (χ4v) is 1.83. The van der Waals surface area contributed by atoms with E-state index >= 15 is 0 Å². The Morgan fingerprint density at radius 1 is 0.762 bits per heavy atom. The van der Waals surface area contributed by atoms with Crippen molar-refractivity contribution in [3.05, 3.63) is 60.7 Å². The number of benzene rings is 2. The summed E-state index contributed by atoms with van der Waals surface area (Å²) in [6.07, 6.45) is 0. The molecule has 5 heteroatoms. The molecule has 2 N–H and O–H groups in total. The van der Waals surface area contributed by atoms with Gasteiger partial charge in [-0.25, -0.2) is 8.42 Å². The van der Waals surface area contributed by atoms with Crippen LogP contribution >= 0.6 is 10.7 Å². The number of anilines is 1. The highest BCUT2D eigenvalue weighted by Gasteiger charge is 2.06. The van der Waals surface area contributed by atoms with Crippen molar-refractivity contribution in [2.24, 2.45) is 0 Å². The molecule has 0 aliphatic heterocycles. The van der Waals surface area contributed by atoms with Gasteiger partial charge in [0.15, 0.2) is 0 Å². The number of para-hydroxylation sites is 1. The van der Waals surface area contributed by atoms with E-state index in [2.05, 4.69) is 0 Å². The monoisotopic (exact) mass is 329 g/mol. The Morgan fingerprint density at radius 2 is 1.10 bits per heavy atom. The van der Waals surface area contributed by atoms with Crippen molar-refractivity contribution in [1.29, 1.82) is 0 Å². The highest BCUT2D eigenvalue weighted by molar-refractivity contribution is 8.13. The van der Waals surface area contributed by atoms with Gasteiger partial charge in [-0.3, -0.25) is 0 Å². The van der Waals surface area contributed by atoms with Crippen LogP contribution < -0.4 is 5.73 Å². The van der Waals surface area contributed by atoms with Gasteiger partial charge in [-0.1, -0.05) is 64.1 Å². The Hall–Kier alpha value is -1.52. The Labute approximate surface area is 133 Å². The average molecular weight is 330 g/mol. The normalized spacial score (nSPS) is 8.81. The van der Waals surface area contributed by atoms with Crippen LogP contribution in [0.2, 0.25) is 0 Å². The number of hydrogen-bond acceptors (Lipinski definition) is 3. The minimum atomic E-state index is -3.53. The number of nitrogen functional groups attached to an aromatic ring is 1. The standard InChI is InChI=1S/C6H5ClO2S.C6H7N.2C2H6/c7-10(8,9)6-4-2-1-3-5-6;7-6-4-2-1-3-5-6;2*1-2/h1-5H;1-5H,7H2;2*1-2H3. The summed E-state index contributed by atoms with van der Waals surface area (Å²) in [7, 11) is 1.50. The van der Waals surface area contributed by atoms with Gasteiger partial charge in [0.05, 0.1) is 4.90 Å². The lowest BCUT2D eigenvalue weighted by atomic mass is 10.3. The van der Waals surface area contributed by atoms with Crippen molar-refractivity contribution < 1.29 is 8.42 Å². The van der Waals surface area contributed by atoms with Gasteiger partial charge >= 0.3 is 0 Å². The number of nitrogens with two attached hydrogens (primary N) is 1. The molecule has 0 saturated carbocycles. The molecule has 0 spiro atoms. The number of rotatable bonds is 1. The van der Waals surface area contributed by atoms with E-state index in [1.165, 1.54) is 12.1 Å². The molecule has 0 atom stereocenters. The fraction of sp³-hybridized carbons (Fsp3) is 0.250. The topological polar surface area (TPSA) is 60.2 Å². The van der Waals surface area contributed by atoms with Gasteiger partial charge < -0.3 is 5.73 Å². The molecule has 2 aromatic rings. The molecule has 0 aliphatic carbocycles. The highest BCUT2D eigenvalue weighted by atomic mass is 35.7. The van der Waals surface area contributed by atoms with Gasteiger partial charge in [0.1, 0.15) is 0 Å². The molecule has 3 nitrogen and oxygen atoms in total. The maximum Gasteiger partial charge on any atom is 0.261 e. The molecular formula is C16H24ClNO2S. The summed E-state index contributed by atoms with van der Waals surface area (Å²) >= 11 is 0. The second kappa shape index (κ2) is 13.5. The highest BCUT2D eigenvalue weighted by Crippen LogP contribution is 2.12. The Balaban J connectivity index is 0. The lowest BCUT2D eigenvalue weighted by Gasteiger charge is -1.91. The quantitative estimate of drug-likeness (QED) is 0.595. The van der Waals surface area contributed by atoms with Crippen LogP contribution in [0.5, 0.6) is 0 Å². The van der Waals surface area contributed by atoms with Crippen molar-refractivity contribution in [1.82, 2.24) is 0 Å². The second-order valence-corrected chi connectivity index (χ2v) is 5.73. The van der Waals surface area contributed by atoms with Gasteiger partial charge in [-0.05, 0) is 24.3 Å².